The molecule has 3 rings (SSSR count). The number of rotatable bonds is 5. The van der Waals surface area contributed by atoms with Crippen LogP contribution in [0, 0.1) is 11.5 Å². The summed E-state index contributed by atoms with van der Waals surface area (Å²) in [7, 11) is 0. The van der Waals surface area contributed by atoms with Gasteiger partial charge in [-0.3, -0.25) is 0 Å². The van der Waals surface area contributed by atoms with Crippen LogP contribution in [0.3, 0.4) is 0 Å². The van der Waals surface area contributed by atoms with E-state index in [1.807, 2.05) is 6.19 Å². The topological polar surface area (TPSA) is 154 Å². The Kier molecular flexibility index (Phi) is 4.62. The highest BCUT2D eigenvalue weighted by molar-refractivity contribution is 6.11. The standard InChI is InChI=1S/C19H11N3O6/c20-9-22-8-13(21-16(22)10-4-2-1-3-5-10)14-11(17(23)24)6-7-12(18(25)26)15(14)19(27)28/h1-8H,(H,23,24)(H,25,26)(H,27,28). The molecular formula is C19H11N3O6. The Hall–Kier alpha value is -4.45. The maximum Gasteiger partial charge on any atom is 0.337 e. The molecule has 9 nitrogen and oxygen atoms in total. The maximum absolute atomic E-state index is 11.8. The van der Waals surface area contributed by atoms with Crippen LogP contribution in [-0.4, -0.2) is 42.8 Å². The quantitative estimate of drug-likeness (QED) is 0.613. The van der Waals surface area contributed by atoms with Crippen LogP contribution in [0.25, 0.3) is 22.6 Å². The Bertz CT molecular complexity index is 1160. The van der Waals surface area contributed by atoms with Crippen molar-refractivity contribution in [2.75, 3.05) is 0 Å². The Balaban J connectivity index is 2.38. The van der Waals surface area contributed by atoms with Crippen molar-refractivity contribution in [2.24, 2.45) is 0 Å². The van der Waals surface area contributed by atoms with Crippen LogP contribution in [0.4, 0.5) is 0 Å². The minimum Gasteiger partial charge on any atom is -0.478 e. The molecule has 0 aliphatic carbocycles. The SMILES string of the molecule is N#Cn1cc(-c2c(C(=O)O)ccc(C(=O)O)c2C(=O)O)nc1-c1ccccc1. The Morgan fingerprint density at radius 3 is 2.04 bits per heavy atom. The van der Waals surface area contributed by atoms with Gasteiger partial charge in [0, 0.05) is 17.3 Å². The summed E-state index contributed by atoms with van der Waals surface area (Å²) in [5.74, 6) is -4.45. The molecule has 0 spiro atoms. The van der Waals surface area contributed by atoms with E-state index >= 15 is 0 Å². The van der Waals surface area contributed by atoms with Gasteiger partial charge in [0.05, 0.1) is 22.4 Å². The molecule has 138 valence electrons. The van der Waals surface area contributed by atoms with Crippen molar-refractivity contribution in [3.63, 3.8) is 0 Å². The normalized spacial score (nSPS) is 10.2. The van der Waals surface area contributed by atoms with Gasteiger partial charge in [-0.05, 0) is 12.1 Å². The van der Waals surface area contributed by atoms with Crippen LogP contribution in [0.15, 0.2) is 48.7 Å². The third-order valence-electron chi connectivity index (χ3n) is 3.98. The number of nitrogens with zero attached hydrogens (tertiary/aromatic N) is 3. The van der Waals surface area contributed by atoms with Crippen LogP contribution >= 0.6 is 0 Å². The van der Waals surface area contributed by atoms with Crippen LogP contribution in [-0.2, 0) is 0 Å². The van der Waals surface area contributed by atoms with Crippen LogP contribution in [0.1, 0.15) is 31.1 Å². The number of aromatic carboxylic acids is 3. The molecule has 0 amide bonds. The summed E-state index contributed by atoms with van der Waals surface area (Å²) in [4.78, 5) is 39.1. The first kappa shape index (κ1) is 18.3. The number of carbonyl (C=O) groups is 3. The highest BCUT2D eigenvalue weighted by atomic mass is 16.4. The summed E-state index contributed by atoms with van der Waals surface area (Å²) in [6.45, 7) is 0. The summed E-state index contributed by atoms with van der Waals surface area (Å²) >= 11 is 0. The van der Waals surface area contributed by atoms with Gasteiger partial charge in [-0.2, -0.15) is 5.26 Å². The summed E-state index contributed by atoms with van der Waals surface area (Å²) in [5.41, 5.74) is -1.72. The van der Waals surface area contributed by atoms with Crippen molar-refractivity contribution in [3.8, 4) is 28.8 Å². The Morgan fingerprint density at radius 2 is 1.50 bits per heavy atom. The zero-order valence-corrected chi connectivity index (χ0v) is 14.0. The molecule has 0 fully saturated rings. The summed E-state index contributed by atoms with van der Waals surface area (Å²) in [6, 6.07) is 10.4. The number of aromatic nitrogens is 2. The summed E-state index contributed by atoms with van der Waals surface area (Å²) in [6.07, 6.45) is 3.03. The molecule has 0 saturated carbocycles. The third kappa shape index (κ3) is 3.06. The van der Waals surface area contributed by atoms with Gasteiger partial charge in [0.25, 0.3) is 0 Å². The lowest BCUT2D eigenvalue weighted by Crippen LogP contribution is -2.13. The van der Waals surface area contributed by atoms with E-state index in [-0.39, 0.29) is 17.1 Å². The molecule has 0 aliphatic heterocycles. The smallest absolute Gasteiger partial charge is 0.337 e. The van der Waals surface area contributed by atoms with Crippen molar-refractivity contribution in [2.45, 2.75) is 0 Å². The van der Waals surface area contributed by atoms with Gasteiger partial charge >= 0.3 is 17.9 Å². The molecule has 0 aliphatic rings. The highest BCUT2D eigenvalue weighted by Crippen LogP contribution is 2.32. The second kappa shape index (κ2) is 7.05. The van der Waals surface area contributed by atoms with Crippen molar-refractivity contribution in [1.82, 2.24) is 9.55 Å². The van der Waals surface area contributed by atoms with E-state index < -0.39 is 34.6 Å². The summed E-state index contributed by atoms with van der Waals surface area (Å²) < 4.78 is 1.05. The monoisotopic (exact) mass is 377 g/mol. The van der Waals surface area contributed by atoms with Crippen molar-refractivity contribution < 1.29 is 29.7 Å². The second-order valence-corrected chi connectivity index (χ2v) is 5.61. The molecule has 3 aromatic rings. The largest absolute Gasteiger partial charge is 0.478 e. The number of nitriles is 1. The molecular weight excluding hydrogens is 366 g/mol. The fourth-order valence-electron chi connectivity index (χ4n) is 2.82. The first-order valence-corrected chi connectivity index (χ1v) is 7.77. The van der Waals surface area contributed by atoms with E-state index in [4.69, 9.17) is 0 Å². The van der Waals surface area contributed by atoms with Gasteiger partial charge in [-0.15, -0.1) is 0 Å². The predicted molar refractivity (Wildman–Crippen MR) is 95.0 cm³/mol. The fraction of sp³-hybridized carbons (Fsp3) is 0. The first-order chi connectivity index (χ1) is 13.3. The number of carboxylic acid groups (broad SMARTS) is 3. The zero-order valence-electron chi connectivity index (χ0n) is 14.0. The predicted octanol–water partition coefficient (Wildman–Crippen LogP) is 2.64. The Morgan fingerprint density at radius 1 is 0.893 bits per heavy atom. The molecule has 0 saturated heterocycles. The minimum atomic E-state index is -1.62. The number of benzene rings is 2. The van der Waals surface area contributed by atoms with E-state index in [0.29, 0.717) is 5.56 Å². The van der Waals surface area contributed by atoms with Gasteiger partial charge in [0.2, 0.25) is 0 Å². The number of hydrogen-bond acceptors (Lipinski definition) is 5. The van der Waals surface area contributed by atoms with E-state index in [1.165, 1.54) is 6.20 Å². The van der Waals surface area contributed by atoms with Crippen molar-refractivity contribution >= 4 is 17.9 Å². The van der Waals surface area contributed by atoms with E-state index in [2.05, 4.69) is 4.98 Å². The third-order valence-corrected chi connectivity index (χ3v) is 3.98. The zero-order chi connectivity index (χ0) is 20.4. The molecule has 0 unspecified atom stereocenters. The van der Waals surface area contributed by atoms with Crippen molar-refractivity contribution in [3.05, 3.63) is 65.4 Å². The highest BCUT2D eigenvalue weighted by Gasteiger charge is 2.28. The van der Waals surface area contributed by atoms with Gasteiger partial charge in [0.15, 0.2) is 12.0 Å². The molecule has 0 bridgehead atoms. The number of hydrogen-bond donors (Lipinski definition) is 3. The molecule has 9 heteroatoms. The van der Waals surface area contributed by atoms with Crippen LogP contribution in [0.2, 0.25) is 0 Å². The molecule has 3 N–H and O–H groups in total. The average Bonchev–Trinajstić information content (AvgIpc) is 3.11. The van der Waals surface area contributed by atoms with Gasteiger partial charge in [0.1, 0.15) is 0 Å². The van der Waals surface area contributed by atoms with E-state index in [1.54, 1.807) is 30.3 Å². The molecule has 28 heavy (non-hydrogen) atoms. The van der Waals surface area contributed by atoms with E-state index in [9.17, 15) is 35.0 Å². The minimum absolute atomic E-state index is 0.140. The first-order valence-electron chi connectivity index (χ1n) is 7.77. The lowest BCUT2D eigenvalue weighted by atomic mass is 9.93. The number of carboxylic acids is 3. The van der Waals surface area contributed by atoms with Gasteiger partial charge < -0.3 is 15.3 Å². The molecule has 1 heterocycles. The lowest BCUT2D eigenvalue weighted by Gasteiger charge is -2.10. The van der Waals surface area contributed by atoms with E-state index in [0.717, 1.165) is 16.7 Å². The van der Waals surface area contributed by atoms with Gasteiger partial charge in [-0.1, -0.05) is 30.3 Å². The number of imidazole rings is 1. The van der Waals surface area contributed by atoms with Gasteiger partial charge in [-0.25, -0.2) is 23.9 Å². The van der Waals surface area contributed by atoms with Crippen molar-refractivity contribution in [1.29, 1.82) is 5.26 Å². The average molecular weight is 377 g/mol. The molecule has 0 atom stereocenters. The lowest BCUT2D eigenvalue weighted by molar-refractivity contribution is 0.0650. The summed E-state index contributed by atoms with van der Waals surface area (Å²) in [5, 5.41) is 37.7. The Labute approximate surface area is 157 Å². The fourth-order valence-corrected chi connectivity index (χ4v) is 2.82. The molecule has 1 aromatic heterocycles. The second-order valence-electron chi connectivity index (χ2n) is 5.61. The van der Waals surface area contributed by atoms with Crippen LogP contribution in [0.5, 0.6) is 0 Å². The molecule has 2 aromatic carbocycles. The maximum atomic E-state index is 11.8. The van der Waals surface area contributed by atoms with Crippen LogP contribution < -0.4 is 0 Å². The molecule has 0 radical (unpaired) electrons.